The van der Waals surface area contributed by atoms with Crippen molar-refractivity contribution in [2.45, 2.75) is 33.3 Å². The highest BCUT2D eigenvalue weighted by atomic mass is 35.5. The maximum absolute atomic E-state index is 12.5. The lowest BCUT2D eigenvalue weighted by Gasteiger charge is -2.38. The third-order valence-electron chi connectivity index (χ3n) is 3.57. The summed E-state index contributed by atoms with van der Waals surface area (Å²) in [5, 5.41) is 1.10. The highest BCUT2D eigenvalue weighted by molar-refractivity contribution is 6.34. The van der Waals surface area contributed by atoms with Crippen molar-refractivity contribution < 1.29 is 9.53 Å². The Kier molecular flexibility index (Phi) is 3.06. The number of halogens is 1. The van der Waals surface area contributed by atoms with E-state index in [1.807, 2.05) is 19.1 Å². The van der Waals surface area contributed by atoms with Crippen LogP contribution in [0.4, 0.5) is 5.69 Å². The molecule has 1 aliphatic rings. The van der Waals surface area contributed by atoms with E-state index in [2.05, 4.69) is 9.97 Å². The molecule has 0 unspecified atom stereocenters. The van der Waals surface area contributed by atoms with Crippen molar-refractivity contribution in [1.29, 1.82) is 0 Å². The predicted molar refractivity (Wildman–Crippen MR) is 82.0 cm³/mol. The molecule has 0 aliphatic carbocycles. The quantitative estimate of drug-likeness (QED) is 0.760. The standard InChI is InChI=1S/C15H16ClN3O2/c1-5-19-11-6-9-10(17-8(2)18-13(9)16)7-12(11)21-15(3,4)14(19)20/h6-7H,5H2,1-4H3. The SMILES string of the molecule is CCN1C(=O)C(C)(C)Oc2cc3nc(C)nc(Cl)c3cc21. The summed E-state index contributed by atoms with van der Waals surface area (Å²) in [7, 11) is 0. The van der Waals surface area contributed by atoms with Crippen molar-refractivity contribution in [2.24, 2.45) is 0 Å². The molecule has 3 rings (SSSR count). The molecule has 6 heteroatoms. The van der Waals surface area contributed by atoms with Crippen molar-refractivity contribution in [1.82, 2.24) is 9.97 Å². The summed E-state index contributed by atoms with van der Waals surface area (Å²) in [6.45, 7) is 7.82. The Morgan fingerprint density at radius 3 is 2.71 bits per heavy atom. The third kappa shape index (κ3) is 2.12. The molecule has 1 aromatic carbocycles. The summed E-state index contributed by atoms with van der Waals surface area (Å²) in [5.74, 6) is 1.18. The van der Waals surface area contributed by atoms with Crippen LogP contribution in [0.25, 0.3) is 10.9 Å². The Bertz CT molecular complexity index is 758. The van der Waals surface area contributed by atoms with Gasteiger partial charge >= 0.3 is 0 Å². The van der Waals surface area contributed by atoms with Crippen LogP contribution in [0.15, 0.2) is 12.1 Å². The molecule has 0 atom stereocenters. The summed E-state index contributed by atoms with van der Waals surface area (Å²) < 4.78 is 5.86. The van der Waals surface area contributed by atoms with Crippen LogP contribution in [0.1, 0.15) is 26.6 Å². The summed E-state index contributed by atoms with van der Waals surface area (Å²) in [6.07, 6.45) is 0. The number of carbonyl (C=O) groups excluding carboxylic acids is 1. The van der Waals surface area contributed by atoms with Gasteiger partial charge in [-0.25, -0.2) is 9.97 Å². The Morgan fingerprint density at radius 1 is 1.33 bits per heavy atom. The zero-order valence-corrected chi connectivity index (χ0v) is 13.2. The van der Waals surface area contributed by atoms with Gasteiger partial charge in [0.25, 0.3) is 5.91 Å². The van der Waals surface area contributed by atoms with Crippen molar-refractivity contribution in [3.8, 4) is 5.75 Å². The fourth-order valence-electron chi connectivity index (χ4n) is 2.58. The molecule has 0 radical (unpaired) electrons. The monoisotopic (exact) mass is 305 g/mol. The highest BCUT2D eigenvalue weighted by Gasteiger charge is 2.40. The fourth-order valence-corrected chi connectivity index (χ4v) is 2.85. The van der Waals surface area contributed by atoms with E-state index in [9.17, 15) is 4.79 Å². The topological polar surface area (TPSA) is 55.3 Å². The minimum Gasteiger partial charge on any atom is -0.476 e. The molecule has 5 nitrogen and oxygen atoms in total. The molecular weight excluding hydrogens is 290 g/mol. The number of ether oxygens (including phenoxy) is 1. The summed E-state index contributed by atoms with van der Waals surface area (Å²) in [6, 6.07) is 3.64. The van der Waals surface area contributed by atoms with Gasteiger partial charge in [0.15, 0.2) is 5.60 Å². The maximum atomic E-state index is 12.5. The van der Waals surface area contributed by atoms with E-state index in [1.54, 1.807) is 25.7 Å². The Labute approximate surface area is 127 Å². The van der Waals surface area contributed by atoms with Crippen molar-refractivity contribution in [3.05, 3.63) is 23.1 Å². The number of amides is 1. The number of benzene rings is 1. The molecule has 0 bridgehead atoms. The Morgan fingerprint density at radius 2 is 2.05 bits per heavy atom. The van der Waals surface area contributed by atoms with Crippen molar-refractivity contribution in [3.63, 3.8) is 0 Å². The lowest BCUT2D eigenvalue weighted by atomic mass is 10.0. The zero-order chi connectivity index (χ0) is 15.4. The Balaban J connectivity index is 2.29. The van der Waals surface area contributed by atoms with E-state index in [-0.39, 0.29) is 5.91 Å². The number of carbonyl (C=O) groups is 1. The summed E-state index contributed by atoms with van der Waals surface area (Å²) in [4.78, 5) is 22.7. The van der Waals surface area contributed by atoms with Gasteiger partial charge in [0, 0.05) is 18.0 Å². The van der Waals surface area contributed by atoms with Crippen LogP contribution in [0.5, 0.6) is 5.75 Å². The first-order chi connectivity index (χ1) is 9.83. The number of hydrogen-bond donors (Lipinski definition) is 0. The first-order valence-electron chi connectivity index (χ1n) is 6.82. The van der Waals surface area contributed by atoms with Crippen molar-refractivity contribution in [2.75, 3.05) is 11.4 Å². The largest absolute Gasteiger partial charge is 0.476 e. The molecule has 2 aromatic rings. The van der Waals surface area contributed by atoms with E-state index in [0.29, 0.717) is 34.5 Å². The van der Waals surface area contributed by atoms with Crippen LogP contribution < -0.4 is 9.64 Å². The van der Waals surface area contributed by atoms with Crippen LogP contribution >= 0.6 is 11.6 Å². The number of anilines is 1. The number of aryl methyl sites for hydroxylation is 1. The number of fused-ring (bicyclic) bond motifs is 2. The molecule has 1 aliphatic heterocycles. The number of rotatable bonds is 1. The summed E-state index contributed by atoms with van der Waals surface area (Å²) >= 11 is 6.19. The maximum Gasteiger partial charge on any atom is 0.270 e. The van der Waals surface area contributed by atoms with Gasteiger partial charge in [0.1, 0.15) is 16.7 Å². The fraction of sp³-hybridized carbons (Fsp3) is 0.400. The van der Waals surface area contributed by atoms with Crippen LogP contribution in [-0.4, -0.2) is 28.0 Å². The number of likely N-dealkylation sites (N-methyl/N-ethyl adjacent to an activating group) is 1. The van der Waals surface area contributed by atoms with Gasteiger partial charge in [-0.3, -0.25) is 4.79 Å². The highest BCUT2D eigenvalue weighted by Crippen LogP contribution is 2.41. The second kappa shape index (κ2) is 4.56. The molecule has 110 valence electrons. The average Bonchev–Trinajstić information content (AvgIpc) is 2.38. The number of nitrogens with zero attached hydrogens (tertiary/aromatic N) is 3. The van der Waals surface area contributed by atoms with E-state index < -0.39 is 5.60 Å². The van der Waals surface area contributed by atoms with E-state index in [0.717, 1.165) is 5.39 Å². The molecule has 0 N–H and O–H groups in total. The molecule has 1 aromatic heterocycles. The normalized spacial score (nSPS) is 16.8. The van der Waals surface area contributed by atoms with Crippen LogP contribution in [-0.2, 0) is 4.79 Å². The second-order valence-corrected chi connectivity index (χ2v) is 5.92. The smallest absolute Gasteiger partial charge is 0.270 e. The lowest BCUT2D eigenvalue weighted by molar-refractivity contribution is -0.132. The Hall–Kier alpha value is -1.88. The van der Waals surface area contributed by atoms with Gasteiger partial charge in [0.2, 0.25) is 0 Å². The van der Waals surface area contributed by atoms with Gasteiger partial charge in [-0.05, 0) is 33.8 Å². The molecule has 0 fully saturated rings. The van der Waals surface area contributed by atoms with E-state index in [1.165, 1.54) is 0 Å². The van der Waals surface area contributed by atoms with Gasteiger partial charge in [-0.15, -0.1) is 0 Å². The van der Waals surface area contributed by atoms with E-state index in [4.69, 9.17) is 16.3 Å². The molecule has 21 heavy (non-hydrogen) atoms. The first-order valence-corrected chi connectivity index (χ1v) is 7.20. The molecular formula is C15H16ClN3O2. The predicted octanol–water partition coefficient (Wildman–Crippen LogP) is 3.12. The minimum absolute atomic E-state index is 0.0685. The van der Waals surface area contributed by atoms with Gasteiger partial charge in [0.05, 0.1) is 11.2 Å². The lowest BCUT2D eigenvalue weighted by Crippen LogP contribution is -2.52. The zero-order valence-electron chi connectivity index (χ0n) is 12.4. The second-order valence-electron chi connectivity index (χ2n) is 5.56. The molecule has 0 saturated carbocycles. The minimum atomic E-state index is -0.886. The average molecular weight is 306 g/mol. The van der Waals surface area contributed by atoms with E-state index >= 15 is 0 Å². The third-order valence-corrected chi connectivity index (χ3v) is 3.86. The molecule has 0 saturated heterocycles. The summed E-state index contributed by atoms with van der Waals surface area (Å²) in [5.41, 5.74) is 0.541. The van der Waals surface area contributed by atoms with Crippen LogP contribution in [0, 0.1) is 6.92 Å². The molecule has 0 spiro atoms. The van der Waals surface area contributed by atoms with Gasteiger partial charge in [-0.2, -0.15) is 0 Å². The van der Waals surface area contributed by atoms with Crippen molar-refractivity contribution >= 4 is 34.1 Å². The van der Waals surface area contributed by atoms with Crippen LogP contribution in [0.2, 0.25) is 5.15 Å². The van der Waals surface area contributed by atoms with Gasteiger partial charge in [-0.1, -0.05) is 11.6 Å². The molecule has 2 heterocycles. The number of hydrogen-bond acceptors (Lipinski definition) is 4. The van der Waals surface area contributed by atoms with Crippen LogP contribution in [0.3, 0.4) is 0 Å². The van der Waals surface area contributed by atoms with Gasteiger partial charge < -0.3 is 9.64 Å². The first kappa shape index (κ1) is 14.1. The molecule has 1 amide bonds. The number of aromatic nitrogens is 2.